The van der Waals surface area contributed by atoms with Crippen molar-refractivity contribution in [1.82, 2.24) is 9.88 Å². The summed E-state index contributed by atoms with van der Waals surface area (Å²) in [4.78, 5) is 6.12. The topological polar surface area (TPSA) is 34.6 Å². The summed E-state index contributed by atoms with van der Waals surface area (Å²) in [7, 11) is 0. The molecule has 0 radical (unpaired) electrons. The predicted octanol–water partition coefficient (Wildman–Crippen LogP) is 4.29. The third-order valence-corrected chi connectivity index (χ3v) is 4.41. The Balaban J connectivity index is 1.57. The van der Waals surface area contributed by atoms with Gasteiger partial charge in [-0.3, -0.25) is 9.88 Å². The zero-order valence-electron chi connectivity index (χ0n) is 14.6. The Morgan fingerprint density at radius 2 is 1.59 bits per heavy atom. The van der Waals surface area contributed by atoms with E-state index in [0.717, 1.165) is 22.9 Å². The number of ether oxygens (including phenoxy) is 2. The highest BCUT2D eigenvalue weighted by atomic mass is 19.1. The molecule has 0 aliphatic carbocycles. The fourth-order valence-corrected chi connectivity index (χ4v) is 3.10. The minimum absolute atomic E-state index is 0.223. The average Bonchev–Trinajstić information content (AvgIpc) is 3.12. The van der Waals surface area contributed by atoms with E-state index in [1.807, 2.05) is 30.3 Å². The average molecular weight is 368 g/mol. The highest BCUT2D eigenvalue weighted by molar-refractivity contribution is 5.44. The fraction of sp³-hybridized carbons (Fsp3) is 0.190. The predicted molar refractivity (Wildman–Crippen MR) is 96.1 cm³/mol. The molecule has 0 unspecified atom stereocenters. The number of halogens is 2. The first kappa shape index (κ1) is 17.4. The zero-order valence-corrected chi connectivity index (χ0v) is 14.6. The molecule has 27 heavy (non-hydrogen) atoms. The Kier molecular flexibility index (Phi) is 4.98. The second-order valence-electron chi connectivity index (χ2n) is 6.42. The summed E-state index contributed by atoms with van der Waals surface area (Å²) in [5, 5.41) is 0. The van der Waals surface area contributed by atoms with E-state index in [0.29, 0.717) is 30.9 Å². The van der Waals surface area contributed by atoms with Gasteiger partial charge in [0.2, 0.25) is 6.79 Å². The van der Waals surface area contributed by atoms with E-state index in [4.69, 9.17) is 9.47 Å². The van der Waals surface area contributed by atoms with E-state index >= 15 is 0 Å². The monoisotopic (exact) mass is 368 g/mol. The van der Waals surface area contributed by atoms with Crippen LogP contribution in [0.1, 0.15) is 16.7 Å². The number of hydrogen-bond donors (Lipinski definition) is 0. The molecule has 0 N–H and O–H groups in total. The van der Waals surface area contributed by atoms with Crippen LogP contribution in [0.15, 0.2) is 60.9 Å². The molecule has 1 aromatic heterocycles. The lowest BCUT2D eigenvalue weighted by Gasteiger charge is -2.23. The Morgan fingerprint density at radius 3 is 2.41 bits per heavy atom. The SMILES string of the molecule is Fc1ccc(CN(Cc2ccncc2)Cc2ccc3c(c2)OCO3)c(F)c1. The van der Waals surface area contributed by atoms with Crippen LogP contribution in [-0.4, -0.2) is 16.7 Å². The number of aromatic nitrogens is 1. The second kappa shape index (κ2) is 7.72. The molecule has 3 aromatic rings. The van der Waals surface area contributed by atoms with Gasteiger partial charge in [-0.2, -0.15) is 0 Å². The smallest absolute Gasteiger partial charge is 0.231 e. The quantitative estimate of drug-likeness (QED) is 0.650. The molecule has 0 saturated carbocycles. The Labute approximate surface area is 156 Å². The number of pyridine rings is 1. The van der Waals surface area contributed by atoms with E-state index in [2.05, 4.69) is 9.88 Å². The highest BCUT2D eigenvalue weighted by Crippen LogP contribution is 2.33. The molecule has 0 spiro atoms. The minimum atomic E-state index is -0.576. The molecule has 1 aliphatic rings. The van der Waals surface area contributed by atoms with Crippen molar-refractivity contribution < 1.29 is 18.3 Å². The number of nitrogens with zero attached hydrogens (tertiary/aromatic N) is 2. The van der Waals surface area contributed by atoms with Gasteiger partial charge in [-0.1, -0.05) is 12.1 Å². The van der Waals surface area contributed by atoms with Crippen molar-refractivity contribution in [2.24, 2.45) is 0 Å². The lowest BCUT2D eigenvalue weighted by molar-refractivity contribution is 0.174. The molecule has 1 aliphatic heterocycles. The largest absolute Gasteiger partial charge is 0.454 e. The van der Waals surface area contributed by atoms with Crippen LogP contribution in [0.5, 0.6) is 11.5 Å². The number of fused-ring (bicyclic) bond motifs is 1. The van der Waals surface area contributed by atoms with Gasteiger partial charge < -0.3 is 9.47 Å². The summed E-state index contributed by atoms with van der Waals surface area (Å²) >= 11 is 0. The van der Waals surface area contributed by atoms with E-state index in [-0.39, 0.29) is 6.79 Å². The van der Waals surface area contributed by atoms with Crippen molar-refractivity contribution in [2.75, 3.05) is 6.79 Å². The van der Waals surface area contributed by atoms with E-state index in [9.17, 15) is 8.78 Å². The molecule has 2 aromatic carbocycles. The molecule has 6 heteroatoms. The van der Waals surface area contributed by atoms with Crippen LogP contribution >= 0.6 is 0 Å². The van der Waals surface area contributed by atoms with Crippen LogP contribution in [0.2, 0.25) is 0 Å². The van der Waals surface area contributed by atoms with E-state index in [1.165, 1.54) is 12.1 Å². The van der Waals surface area contributed by atoms with Gasteiger partial charge in [0.05, 0.1) is 0 Å². The molecular formula is C21H18F2N2O2. The molecule has 2 heterocycles. The molecule has 138 valence electrons. The van der Waals surface area contributed by atoms with Gasteiger partial charge in [-0.25, -0.2) is 8.78 Å². The van der Waals surface area contributed by atoms with Gasteiger partial charge >= 0.3 is 0 Å². The van der Waals surface area contributed by atoms with Crippen LogP contribution in [-0.2, 0) is 19.6 Å². The van der Waals surface area contributed by atoms with Crippen molar-refractivity contribution in [3.8, 4) is 11.5 Å². The van der Waals surface area contributed by atoms with Crippen molar-refractivity contribution in [1.29, 1.82) is 0 Å². The Bertz CT molecular complexity index is 935. The summed E-state index contributed by atoms with van der Waals surface area (Å²) in [6.07, 6.45) is 3.46. The molecule has 4 rings (SSSR count). The van der Waals surface area contributed by atoms with Gasteiger partial charge in [0.25, 0.3) is 0 Å². The normalized spacial score (nSPS) is 12.6. The molecule has 0 amide bonds. The maximum Gasteiger partial charge on any atom is 0.231 e. The number of rotatable bonds is 6. The summed E-state index contributed by atoms with van der Waals surface area (Å²) in [5.41, 5.74) is 2.54. The van der Waals surface area contributed by atoms with Crippen LogP contribution < -0.4 is 9.47 Å². The van der Waals surface area contributed by atoms with Crippen molar-refractivity contribution in [3.05, 3.63) is 89.2 Å². The summed E-state index contributed by atoms with van der Waals surface area (Å²) in [6.45, 7) is 1.76. The molecule has 0 saturated heterocycles. The lowest BCUT2D eigenvalue weighted by Crippen LogP contribution is -2.23. The third-order valence-electron chi connectivity index (χ3n) is 4.41. The van der Waals surface area contributed by atoms with Gasteiger partial charge in [0.15, 0.2) is 11.5 Å². The minimum Gasteiger partial charge on any atom is -0.454 e. The van der Waals surface area contributed by atoms with Crippen molar-refractivity contribution >= 4 is 0 Å². The molecule has 0 atom stereocenters. The highest BCUT2D eigenvalue weighted by Gasteiger charge is 2.16. The molecular weight excluding hydrogens is 350 g/mol. The van der Waals surface area contributed by atoms with Gasteiger partial charge in [0.1, 0.15) is 11.6 Å². The van der Waals surface area contributed by atoms with Gasteiger partial charge in [0, 0.05) is 43.7 Å². The number of benzene rings is 2. The lowest BCUT2D eigenvalue weighted by atomic mass is 10.1. The van der Waals surface area contributed by atoms with Crippen LogP contribution in [0, 0.1) is 11.6 Å². The summed E-state index contributed by atoms with van der Waals surface area (Å²) < 4.78 is 38.2. The van der Waals surface area contributed by atoms with Crippen LogP contribution in [0.4, 0.5) is 8.78 Å². The van der Waals surface area contributed by atoms with Crippen molar-refractivity contribution in [3.63, 3.8) is 0 Å². The second-order valence-corrected chi connectivity index (χ2v) is 6.42. The maximum atomic E-state index is 14.2. The van der Waals surface area contributed by atoms with Crippen LogP contribution in [0.25, 0.3) is 0 Å². The number of hydrogen-bond acceptors (Lipinski definition) is 4. The van der Waals surface area contributed by atoms with Gasteiger partial charge in [-0.05, 0) is 41.5 Å². The standard InChI is InChI=1S/C21H18F2N2O2/c22-18-3-2-17(19(23)10-18)13-25(11-15-5-7-24-8-6-15)12-16-1-4-20-21(9-16)27-14-26-20/h1-10H,11-14H2. The van der Waals surface area contributed by atoms with Crippen molar-refractivity contribution in [2.45, 2.75) is 19.6 Å². The summed E-state index contributed by atoms with van der Waals surface area (Å²) in [6, 6.07) is 13.3. The first-order chi connectivity index (χ1) is 13.2. The third kappa shape index (κ3) is 4.23. The fourth-order valence-electron chi connectivity index (χ4n) is 3.10. The first-order valence-electron chi connectivity index (χ1n) is 8.61. The van der Waals surface area contributed by atoms with E-state index < -0.39 is 11.6 Å². The zero-order chi connectivity index (χ0) is 18.6. The Morgan fingerprint density at radius 1 is 0.815 bits per heavy atom. The molecule has 0 bridgehead atoms. The molecule has 0 fully saturated rings. The molecule has 4 nitrogen and oxygen atoms in total. The van der Waals surface area contributed by atoms with E-state index in [1.54, 1.807) is 12.4 Å². The Hall–Kier alpha value is -2.99. The first-order valence-corrected chi connectivity index (χ1v) is 8.61. The van der Waals surface area contributed by atoms with Crippen LogP contribution in [0.3, 0.4) is 0 Å². The maximum absolute atomic E-state index is 14.2. The van der Waals surface area contributed by atoms with Gasteiger partial charge in [-0.15, -0.1) is 0 Å². The summed E-state index contributed by atoms with van der Waals surface area (Å²) in [5.74, 6) is 0.321.